The van der Waals surface area contributed by atoms with Crippen LogP contribution in [-0.4, -0.2) is 55.5 Å². The third-order valence-electron chi connectivity index (χ3n) is 4.49. The van der Waals surface area contributed by atoms with Crippen molar-refractivity contribution in [1.82, 2.24) is 9.80 Å². The Balaban J connectivity index is 2.02. The minimum Gasteiger partial charge on any atom is -0.496 e. The summed E-state index contributed by atoms with van der Waals surface area (Å²) in [5, 5.41) is 0. The molecule has 1 aromatic rings. The molecule has 2 rings (SSSR count). The number of hydrogen-bond acceptors (Lipinski definition) is 3. The lowest BCUT2D eigenvalue weighted by molar-refractivity contribution is -0.132. The Kier molecular flexibility index (Phi) is 5.83. The molecule has 1 saturated heterocycles. The lowest BCUT2D eigenvalue weighted by Gasteiger charge is -2.34. The average Bonchev–Trinajstić information content (AvgIpc) is 2.55. The lowest BCUT2D eigenvalue weighted by Crippen LogP contribution is -2.48. The first-order chi connectivity index (χ1) is 10.5. The van der Waals surface area contributed by atoms with Gasteiger partial charge in [0.15, 0.2) is 0 Å². The van der Waals surface area contributed by atoms with E-state index in [4.69, 9.17) is 4.74 Å². The molecule has 0 N–H and O–H groups in total. The molecule has 0 bridgehead atoms. The van der Waals surface area contributed by atoms with Gasteiger partial charge < -0.3 is 14.5 Å². The summed E-state index contributed by atoms with van der Waals surface area (Å²) in [7, 11) is 1.67. The van der Waals surface area contributed by atoms with Gasteiger partial charge in [-0.15, -0.1) is 0 Å². The molecule has 0 saturated carbocycles. The van der Waals surface area contributed by atoms with Crippen LogP contribution < -0.4 is 4.74 Å². The fourth-order valence-corrected chi connectivity index (χ4v) is 2.85. The molecular weight excluding hydrogens is 276 g/mol. The zero-order valence-corrected chi connectivity index (χ0v) is 14.3. The van der Waals surface area contributed by atoms with E-state index in [1.54, 1.807) is 7.11 Å². The van der Waals surface area contributed by atoms with Crippen LogP contribution in [0.3, 0.4) is 0 Å². The first kappa shape index (κ1) is 16.8. The second-order valence-corrected chi connectivity index (χ2v) is 6.22. The maximum Gasteiger partial charge on any atom is 0.227 e. The van der Waals surface area contributed by atoms with Crippen molar-refractivity contribution in [3.05, 3.63) is 29.3 Å². The van der Waals surface area contributed by atoms with Crippen molar-refractivity contribution >= 4 is 5.91 Å². The summed E-state index contributed by atoms with van der Waals surface area (Å²) >= 11 is 0. The molecule has 0 radical (unpaired) electrons. The Morgan fingerprint density at radius 2 is 1.91 bits per heavy atom. The quantitative estimate of drug-likeness (QED) is 0.838. The third kappa shape index (κ3) is 4.01. The molecule has 1 amide bonds. The predicted octanol–water partition coefficient (Wildman–Crippen LogP) is 2.53. The summed E-state index contributed by atoms with van der Waals surface area (Å²) < 4.78 is 5.48. The van der Waals surface area contributed by atoms with E-state index in [1.165, 1.54) is 5.56 Å². The SMILES string of the molecule is CCN1CCN(C(=O)Cc2ccc(C(C)C)cc2OC)CC1. The Hall–Kier alpha value is -1.55. The Bertz CT molecular complexity index is 506. The highest BCUT2D eigenvalue weighted by atomic mass is 16.5. The van der Waals surface area contributed by atoms with E-state index >= 15 is 0 Å². The van der Waals surface area contributed by atoms with E-state index in [2.05, 4.69) is 37.8 Å². The molecule has 0 atom stereocenters. The number of amides is 1. The van der Waals surface area contributed by atoms with E-state index in [-0.39, 0.29) is 5.91 Å². The molecule has 122 valence electrons. The number of piperazine rings is 1. The van der Waals surface area contributed by atoms with E-state index in [0.717, 1.165) is 44.0 Å². The summed E-state index contributed by atoms with van der Waals surface area (Å²) in [6.45, 7) is 11.2. The van der Waals surface area contributed by atoms with Gasteiger partial charge in [-0.3, -0.25) is 4.79 Å². The summed E-state index contributed by atoms with van der Waals surface area (Å²) in [5.74, 6) is 1.49. The summed E-state index contributed by atoms with van der Waals surface area (Å²) in [6.07, 6.45) is 0.424. The topological polar surface area (TPSA) is 32.8 Å². The number of methoxy groups -OCH3 is 1. The van der Waals surface area contributed by atoms with E-state index in [9.17, 15) is 4.79 Å². The number of nitrogens with zero attached hydrogens (tertiary/aromatic N) is 2. The highest BCUT2D eigenvalue weighted by Crippen LogP contribution is 2.25. The molecule has 0 aromatic heterocycles. The van der Waals surface area contributed by atoms with Gasteiger partial charge in [0.1, 0.15) is 5.75 Å². The Morgan fingerprint density at radius 1 is 1.23 bits per heavy atom. The average molecular weight is 304 g/mol. The molecule has 22 heavy (non-hydrogen) atoms. The number of likely N-dealkylation sites (N-methyl/N-ethyl adjacent to an activating group) is 1. The normalized spacial score (nSPS) is 16.1. The molecule has 0 aliphatic carbocycles. The molecule has 1 aliphatic heterocycles. The minimum absolute atomic E-state index is 0.200. The van der Waals surface area contributed by atoms with Crippen LogP contribution in [0.5, 0.6) is 5.75 Å². The fourth-order valence-electron chi connectivity index (χ4n) is 2.85. The van der Waals surface area contributed by atoms with Crippen LogP contribution in [-0.2, 0) is 11.2 Å². The molecule has 1 aliphatic rings. The van der Waals surface area contributed by atoms with Gasteiger partial charge in [-0.25, -0.2) is 0 Å². The summed E-state index contributed by atoms with van der Waals surface area (Å²) in [4.78, 5) is 16.9. The van der Waals surface area contributed by atoms with Crippen molar-refractivity contribution in [3.63, 3.8) is 0 Å². The zero-order chi connectivity index (χ0) is 16.1. The first-order valence-electron chi connectivity index (χ1n) is 8.22. The zero-order valence-electron chi connectivity index (χ0n) is 14.3. The molecule has 1 heterocycles. The van der Waals surface area contributed by atoms with Crippen LogP contribution in [0, 0.1) is 0 Å². The van der Waals surface area contributed by atoms with Crippen molar-refractivity contribution in [2.24, 2.45) is 0 Å². The van der Waals surface area contributed by atoms with Crippen LogP contribution in [0.15, 0.2) is 18.2 Å². The monoisotopic (exact) mass is 304 g/mol. The standard InChI is InChI=1S/C18H28N2O2/c1-5-19-8-10-20(11-9-19)18(21)13-16-7-6-15(14(2)3)12-17(16)22-4/h6-7,12,14H,5,8-11,13H2,1-4H3. The Morgan fingerprint density at radius 3 is 2.45 bits per heavy atom. The molecule has 1 fully saturated rings. The summed E-state index contributed by atoms with van der Waals surface area (Å²) in [5.41, 5.74) is 2.22. The Labute approximate surface area is 134 Å². The van der Waals surface area contributed by atoms with Gasteiger partial charge in [0.05, 0.1) is 13.5 Å². The van der Waals surface area contributed by atoms with E-state index in [1.807, 2.05) is 11.0 Å². The molecule has 4 heteroatoms. The van der Waals surface area contributed by atoms with Crippen molar-refractivity contribution in [2.75, 3.05) is 39.8 Å². The molecule has 0 spiro atoms. The molecule has 0 unspecified atom stereocenters. The second-order valence-electron chi connectivity index (χ2n) is 6.22. The third-order valence-corrected chi connectivity index (χ3v) is 4.49. The van der Waals surface area contributed by atoms with Gasteiger partial charge in [0.2, 0.25) is 5.91 Å². The number of carbonyl (C=O) groups excluding carboxylic acids is 1. The van der Waals surface area contributed by atoms with E-state index in [0.29, 0.717) is 12.3 Å². The van der Waals surface area contributed by atoms with Gasteiger partial charge in [-0.05, 0) is 24.1 Å². The van der Waals surface area contributed by atoms with Gasteiger partial charge >= 0.3 is 0 Å². The van der Waals surface area contributed by atoms with Crippen molar-refractivity contribution in [3.8, 4) is 5.75 Å². The minimum atomic E-state index is 0.200. The number of benzene rings is 1. The summed E-state index contributed by atoms with van der Waals surface area (Å²) in [6, 6.07) is 6.20. The van der Waals surface area contributed by atoms with E-state index < -0.39 is 0 Å². The van der Waals surface area contributed by atoms with Crippen LogP contribution in [0.2, 0.25) is 0 Å². The van der Waals surface area contributed by atoms with Crippen molar-refractivity contribution in [2.45, 2.75) is 33.1 Å². The van der Waals surface area contributed by atoms with Gasteiger partial charge in [-0.2, -0.15) is 0 Å². The van der Waals surface area contributed by atoms with Crippen LogP contribution in [0.4, 0.5) is 0 Å². The second kappa shape index (κ2) is 7.63. The number of ether oxygens (including phenoxy) is 1. The smallest absolute Gasteiger partial charge is 0.227 e. The molecule has 4 nitrogen and oxygen atoms in total. The van der Waals surface area contributed by atoms with Gasteiger partial charge in [0.25, 0.3) is 0 Å². The molecular formula is C18H28N2O2. The highest BCUT2D eigenvalue weighted by Gasteiger charge is 2.21. The first-order valence-corrected chi connectivity index (χ1v) is 8.22. The largest absolute Gasteiger partial charge is 0.496 e. The number of rotatable bonds is 5. The maximum atomic E-state index is 12.5. The predicted molar refractivity (Wildman–Crippen MR) is 89.5 cm³/mol. The van der Waals surface area contributed by atoms with Gasteiger partial charge in [0, 0.05) is 31.7 Å². The lowest BCUT2D eigenvalue weighted by atomic mass is 9.99. The van der Waals surface area contributed by atoms with Crippen LogP contribution in [0.1, 0.15) is 37.8 Å². The molecule has 1 aromatic carbocycles. The number of hydrogen-bond donors (Lipinski definition) is 0. The van der Waals surface area contributed by atoms with Crippen LogP contribution >= 0.6 is 0 Å². The number of carbonyl (C=O) groups is 1. The fraction of sp³-hybridized carbons (Fsp3) is 0.611. The van der Waals surface area contributed by atoms with Crippen LogP contribution in [0.25, 0.3) is 0 Å². The maximum absolute atomic E-state index is 12.5. The van der Waals surface area contributed by atoms with Gasteiger partial charge in [-0.1, -0.05) is 32.9 Å². The van der Waals surface area contributed by atoms with Crippen molar-refractivity contribution in [1.29, 1.82) is 0 Å². The van der Waals surface area contributed by atoms with Crippen molar-refractivity contribution < 1.29 is 9.53 Å². The highest BCUT2D eigenvalue weighted by molar-refractivity contribution is 5.79.